The zero-order chi connectivity index (χ0) is 18.7. The number of aryl methyl sites for hydroxylation is 2. The summed E-state index contributed by atoms with van der Waals surface area (Å²) in [6, 6.07) is 6.42. The van der Waals surface area contributed by atoms with Crippen molar-refractivity contribution in [2.24, 2.45) is 5.10 Å². The number of ether oxygens (including phenoxy) is 2. The molecule has 0 aliphatic heterocycles. The number of rotatable bonds is 6. The average molecular weight is 362 g/mol. The molecule has 3 rings (SSSR count). The van der Waals surface area contributed by atoms with Crippen LogP contribution in [0, 0.1) is 13.8 Å². The number of benzene rings is 1. The molecule has 1 aromatic carbocycles. The second-order valence-corrected chi connectivity index (χ2v) is 5.35. The molecule has 0 atom stereocenters. The van der Waals surface area contributed by atoms with Crippen LogP contribution in [0.2, 0.25) is 0 Å². The lowest BCUT2D eigenvalue weighted by molar-refractivity contribution is -0.0512. The molecule has 2 heterocycles. The van der Waals surface area contributed by atoms with Gasteiger partial charge in [0.25, 0.3) is 5.95 Å². The summed E-state index contributed by atoms with van der Waals surface area (Å²) < 4.78 is 37.3. The van der Waals surface area contributed by atoms with Crippen molar-refractivity contribution in [3.05, 3.63) is 47.5 Å². The van der Waals surface area contributed by atoms with Crippen LogP contribution >= 0.6 is 0 Å². The molecule has 0 saturated carbocycles. The van der Waals surface area contributed by atoms with E-state index in [0.29, 0.717) is 11.5 Å². The van der Waals surface area contributed by atoms with Crippen LogP contribution in [0.4, 0.5) is 8.78 Å². The SMILES string of the molecule is COc1cc(/C=N\n2cnnc2-n2nc(C)cc2C)ccc1OC(F)F. The summed E-state index contributed by atoms with van der Waals surface area (Å²) in [5.74, 6) is 0.556. The van der Waals surface area contributed by atoms with Gasteiger partial charge < -0.3 is 9.47 Å². The molecular weight excluding hydrogens is 346 g/mol. The number of hydrogen-bond donors (Lipinski definition) is 0. The third-order valence-electron chi connectivity index (χ3n) is 3.45. The second-order valence-electron chi connectivity index (χ2n) is 5.35. The molecule has 0 saturated heterocycles. The van der Waals surface area contributed by atoms with Crippen molar-refractivity contribution in [3.8, 4) is 17.4 Å². The average Bonchev–Trinajstić information content (AvgIpc) is 3.18. The Balaban J connectivity index is 1.87. The molecule has 8 nitrogen and oxygen atoms in total. The molecule has 10 heteroatoms. The van der Waals surface area contributed by atoms with Gasteiger partial charge >= 0.3 is 6.61 Å². The predicted molar refractivity (Wildman–Crippen MR) is 89.2 cm³/mol. The maximum Gasteiger partial charge on any atom is 0.387 e. The van der Waals surface area contributed by atoms with Gasteiger partial charge in [0.2, 0.25) is 0 Å². The van der Waals surface area contributed by atoms with E-state index in [2.05, 4.69) is 25.1 Å². The largest absolute Gasteiger partial charge is 0.493 e. The number of hydrogen-bond acceptors (Lipinski definition) is 6. The van der Waals surface area contributed by atoms with Gasteiger partial charge in [0.05, 0.1) is 19.0 Å². The molecule has 3 aromatic rings. The van der Waals surface area contributed by atoms with Gasteiger partial charge in [-0.05, 0) is 43.7 Å². The highest BCUT2D eigenvalue weighted by molar-refractivity contribution is 5.80. The lowest BCUT2D eigenvalue weighted by Gasteiger charge is -2.10. The molecule has 2 aromatic heterocycles. The Morgan fingerprint density at radius 3 is 2.65 bits per heavy atom. The Bertz CT molecular complexity index is 935. The van der Waals surface area contributed by atoms with Crippen molar-refractivity contribution in [2.45, 2.75) is 20.5 Å². The molecule has 0 bridgehead atoms. The topological polar surface area (TPSA) is 79.4 Å². The molecule has 136 valence electrons. The van der Waals surface area contributed by atoms with Crippen LogP contribution < -0.4 is 9.47 Å². The van der Waals surface area contributed by atoms with Gasteiger partial charge in [-0.3, -0.25) is 0 Å². The summed E-state index contributed by atoms with van der Waals surface area (Å²) in [4.78, 5) is 0. The molecule has 0 amide bonds. The van der Waals surface area contributed by atoms with Crippen LogP contribution in [-0.2, 0) is 0 Å². The highest BCUT2D eigenvalue weighted by Crippen LogP contribution is 2.29. The van der Waals surface area contributed by atoms with Gasteiger partial charge in [0, 0.05) is 5.69 Å². The minimum absolute atomic E-state index is 0.0488. The first-order valence-corrected chi connectivity index (χ1v) is 7.59. The van der Waals surface area contributed by atoms with Crippen LogP contribution in [0.25, 0.3) is 5.95 Å². The predicted octanol–water partition coefficient (Wildman–Crippen LogP) is 2.57. The Morgan fingerprint density at radius 2 is 2.00 bits per heavy atom. The maximum atomic E-state index is 12.4. The van der Waals surface area contributed by atoms with E-state index in [4.69, 9.17) is 4.74 Å². The summed E-state index contributed by atoms with van der Waals surface area (Å²) in [5.41, 5.74) is 2.36. The molecule has 0 aliphatic rings. The zero-order valence-corrected chi connectivity index (χ0v) is 14.3. The number of nitrogens with zero attached hydrogens (tertiary/aromatic N) is 6. The summed E-state index contributed by atoms with van der Waals surface area (Å²) in [6.45, 7) is 0.849. The summed E-state index contributed by atoms with van der Waals surface area (Å²) in [7, 11) is 1.37. The van der Waals surface area contributed by atoms with E-state index in [0.717, 1.165) is 11.4 Å². The smallest absolute Gasteiger partial charge is 0.387 e. The molecule has 0 radical (unpaired) electrons. The molecule has 0 spiro atoms. The first-order valence-electron chi connectivity index (χ1n) is 7.59. The van der Waals surface area contributed by atoms with Gasteiger partial charge in [-0.15, -0.1) is 10.2 Å². The van der Waals surface area contributed by atoms with Crippen molar-refractivity contribution in [3.63, 3.8) is 0 Å². The number of methoxy groups -OCH3 is 1. The van der Waals surface area contributed by atoms with E-state index in [1.165, 1.54) is 36.5 Å². The van der Waals surface area contributed by atoms with Crippen molar-refractivity contribution in [1.29, 1.82) is 0 Å². The number of halogens is 2. The minimum Gasteiger partial charge on any atom is -0.493 e. The quantitative estimate of drug-likeness (QED) is 0.630. The molecule has 0 fully saturated rings. The number of aromatic nitrogens is 5. The van der Waals surface area contributed by atoms with E-state index in [1.807, 2.05) is 19.9 Å². The molecule has 0 aliphatic carbocycles. The molecular formula is C16H16F2N6O2. The van der Waals surface area contributed by atoms with Crippen LogP contribution in [-0.4, -0.2) is 44.6 Å². The minimum atomic E-state index is -2.93. The fourth-order valence-corrected chi connectivity index (χ4v) is 2.36. The number of alkyl halides is 2. The van der Waals surface area contributed by atoms with Crippen molar-refractivity contribution in [1.82, 2.24) is 24.7 Å². The normalized spacial score (nSPS) is 11.5. The molecule has 26 heavy (non-hydrogen) atoms. The highest BCUT2D eigenvalue weighted by Gasteiger charge is 2.12. The lowest BCUT2D eigenvalue weighted by Crippen LogP contribution is -2.06. The van der Waals surface area contributed by atoms with Crippen molar-refractivity contribution >= 4 is 6.21 Å². The van der Waals surface area contributed by atoms with Gasteiger partial charge in [-0.25, -0.2) is 4.68 Å². The first kappa shape index (κ1) is 17.5. The molecule has 0 N–H and O–H groups in total. The van der Waals surface area contributed by atoms with E-state index in [-0.39, 0.29) is 11.5 Å². The van der Waals surface area contributed by atoms with Crippen LogP contribution in [0.15, 0.2) is 35.7 Å². The van der Waals surface area contributed by atoms with Crippen molar-refractivity contribution < 1.29 is 18.3 Å². The first-order chi connectivity index (χ1) is 12.5. The van der Waals surface area contributed by atoms with Gasteiger partial charge in [-0.2, -0.15) is 23.7 Å². The monoisotopic (exact) mass is 362 g/mol. The van der Waals surface area contributed by atoms with Gasteiger partial charge in [0.1, 0.15) is 6.33 Å². The Labute approximate surface area is 147 Å². The fourth-order valence-electron chi connectivity index (χ4n) is 2.36. The summed E-state index contributed by atoms with van der Waals surface area (Å²) >= 11 is 0. The second kappa shape index (κ2) is 7.30. The van der Waals surface area contributed by atoms with E-state index < -0.39 is 6.61 Å². The van der Waals surface area contributed by atoms with E-state index in [1.54, 1.807) is 10.7 Å². The van der Waals surface area contributed by atoms with Crippen LogP contribution in [0.1, 0.15) is 17.0 Å². The van der Waals surface area contributed by atoms with Gasteiger partial charge in [-0.1, -0.05) is 0 Å². The van der Waals surface area contributed by atoms with Gasteiger partial charge in [0.15, 0.2) is 11.5 Å². The van der Waals surface area contributed by atoms with Crippen LogP contribution in [0.5, 0.6) is 11.5 Å². The lowest BCUT2D eigenvalue weighted by atomic mass is 10.2. The highest BCUT2D eigenvalue weighted by atomic mass is 19.3. The Hall–Kier alpha value is -3.30. The van der Waals surface area contributed by atoms with E-state index in [9.17, 15) is 8.78 Å². The van der Waals surface area contributed by atoms with Crippen molar-refractivity contribution in [2.75, 3.05) is 7.11 Å². The third-order valence-corrected chi connectivity index (χ3v) is 3.45. The Kier molecular flexibility index (Phi) is 4.92. The standard InChI is InChI=1S/C16H16F2N6O2/c1-10-6-11(2)24(22-10)16-21-19-9-23(16)20-8-12-4-5-13(26-15(17)18)14(7-12)25-3/h4-9,15H,1-3H3/b20-8-. The van der Waals surface area contributed by atoms with Crippen LogP contribution in [0.3, 0.4) is 0 Å². The zero-order valence-electron chi connectivity index (χ0n) is 14.3. The summed E-state index contributed by atoms with van der Waals surface area (Å²) in [6.07, 6.45) is 2.96. The summed E-state index contributed by atoms with van der Waals surface area (Å²) in [5, 5.41) is 16.5. The maximum absolute atomic E-state index is 12.4. The fraction of sp³-hybridized carbons (Fsp3) is 0.250. The molecule has 0 unspecified atom stereocenters. The Morgan fingerprint density at radius 1 is 1.19 bits per heavy atom. The van der Waals surface area contributed by atoms with E-state index >= 15 is 0 Å². The third kappa shape index (κ3) is 3.68.